The fraction of sp³-hybridized carbons (Fsp3) is 0.417. The molecule has 6 nitrogen and oxygen atoms in total. The molecule has 4 rings (SSSR count). The van der Waals surface area contributed by atoms with Gasteiger partial charge in [0.05, 0.1) is 13.2 Å². The van der Waals surface area contributed by atoms with Gasteiger partial charge in [0.15, 0.2) is 16.6 Å². The lowest BCUT2D eigenvalue weighted by molar-refractivity contribution is -0.157. The third-order valence-electron chi connectivity index (χ3n) is 6.26. The van der Waals surface area contributed by atoms with Crippen LogP contribution in [0, 0.1) is 12.8 Å². The molecule has 31 heavy (non-hydrogen) atoms. The summed E-state index contributed by atoms with van der Waals surface area (Å²) in [7, 11) is 1.37. The van der Waals surface area contributed by atoms with E-state index in [1.165, 1.54) is 7.11 Å². The number of methoxy groups -OCH3 is 1. The zero-order valence-corrected chi connectivity index (χ0v) is 19.5. The van der Waals surface area contributed by atoms with Crippen molar-refractivity contribution in [3.8, 4) is 11.5 Å². The minimum Gasteiger partial charge on any atom is -0.504 e. The molecular weight excluding hydrogens is 412 g/mol. The van der Waals surface area contributed by atoms with Gasteiger partial charge in [0.1, 0.15) is 5.92 Å². The Kier molecular flexibility index (Phi) is 4.92. The number of nitrogens with zero attached hydrogens (tertiary/aromatic N) is 1. The van der Waals surface area contributed by atoms with Crippen molar-refractivity contribution in [1.29, 1.82) is 0 Å². The number of aryl methyl sites for hydroxylation is 1. The zero-order valence-electron chi connectivity index (χ0n) is 18.6. The van der Waals surface area contributed by atoms with Crippen molar-refractivity contribution >= 4 is 29.0 Å². The summed E-state index contributed by atoms with van der Waals surface area (Å²) >= 11 is 5.76. The van der Waals surface area contributed by atoms with Gasteiger partial charge in [0.2, 0.25) is 5.72 Å². The summed E-state index contributed by atoms with van der Waals surface area (Å²) in [5.74, 6) is -0.728. The second-order valence-corrected chi connectivity index (χ2v) is 9.76. The fourth-order valence-electron chi connectivity index (χ4n) is 4.56. The standard InChI is InChI=1S/C24H28N2O4S/c1-13-9-7-8-10-16(13)26-22(31)25-19-15-11-14(23(2,3)4)12-17(27)20(15)30-24(26,5)18(19)21(28)29-6/h7-12,18-19,27H,1-6H3,(H,25,31)/t18-,19-,24-/m0/s1. The number of ether oxygens (including phenoxy) is 2. The molecule has 1 fully saturated rings. The van der Waals surface area contributed by atoms with E-state index in [1.807, 2.05) is 49.1 Å². The number of carbonyl (C=O) groups is 1. The number of carbonyl (C=O) groups excluding carboxylic acids is 1. The molecule has 0 aliphatic carbocycles. The third-order valence-corrected chi connectivity index (χ3v) is 6.56. The van der Waals surface area contributed by atoms with Gasteiger partial charge in [0, 0.05) is 11.3 Å². The molecule has 2 heterocycles. The first-order chi connectivity index (χ1) is 14.5. The van der Waals surface area contributed by atoms with Gasteiger partial charge in [-0.25, -0.2) is 0 Å². The summed E-state index contributed by atoms with van der Waals surface area (Å²) in [5, 5.41) is 14.7. The molecule has 1 saturated heterocycles. The Bertz CT molecular complexity index is 1080. The maximum Gasteiger partial charge on any atom is 0.317 e. The number of nitrogens with one attached hydrogen (secondary N) is 1. The number of rotatable bonds is 2. The van der Waals surface area contributed by atoms with Crippen LogP contribution in [-0.2, 0) is 14.9 Å². The Labute approximate surface area is 188 Å². The smallest absolute Gasteiger partial charge is 0.317 e. The van der Waals surface area contributed by atoms with Crippen molar-refractivity contribution in [2.45, 2.75) is 51.8 Å². The van der Waals surface area contributed by atoms with Crippen LogP contribution in [-0.4, -0.2) is 29.0 Å². The number of benzene rings is 2. The minimum atomic E-state index is -1.19. The van der Waals surface area contributed by atoms with Gasteiger partial charge >= 0.3 is 5.97 Å². The lowest BCUT2D eigenvalue weighted by Crippen LogP contribution is -2.71. The van der Waals surface area contributed by atoms with E-state index < -0.39 is 23.7 Å². The van der Waals surface area contributed by atoms with Crippen LogP contribution in [0.25, 0.3) is 0 Å². The van der Waals surface area contributed by atoms with Crippen molar-refractivity contribution in [3.05, 3.63) is 53.1 Å². The minimum absolute atomic E-state index is 0.0429. The summed E-state index contributed by atoms with van der Waals surface area (Å²) in [6.45, 7) is 10.0. The molecule has 7 heteroatoms. The van der Waals surface area contributed by atoms with Gasteiger partial charge < -0.3 is 19.9 Å². The highest BCUT2D eigenvalue weighted by Gasteiger charge is 2.60. The number of fused-ring (bicyclic) bond motifs is 4. The molecule has 2 bridgehead atoms. The van der Waals surface area contributed by atoms with E-state index in [4.69, 9.17) is 21.7 Å². The first-order valence-corrected chi connectivity index (χ1v) is 10.7. The Morgan fingerprint density at radius 2 is 1.97 bits per heavy atom. The molecule has 2 N–H and O–H groups in total. The average molecular weight is 441 g/mol. The summed E-state index contributed by atoms with van der Waals surface area (Å²) in [4.78, 5) is 14.9. The van der Waals surface area contributed by atoms with Crippen molar-refractivity contribution < 1.29 is 19.4 Å². The molecule has 0 aromatic heterocycles. The molecule has 2 aromatic rings. The Morgan fingerprint density at radius 1 is 1.29 bits per heavy atom. The quantitative estimate of drug-likeness (QED) is 0.532. The first kappa shape index (κ1) is 21.4. The van der Waals surface area contributed by atoms with Gasteiger partial charge in [-0.05, 0) is 60.8 Å². The summed E-state index contributed by atoms with van der Waals surface area (Å²) in [6.07, 6.45) is 0. The van der Waals surface area contributed by atoms with Crippen molar-refractivity contribution in [1.82, 2.24) is 5.32 Å². The number of thiocarbonyl (C=S) groups is 1. The van der Waals surface area contributed by atoms with E-state index >= 15 is 0 Å². The number of esters is 1. The average Bonchev–Trinajstić information content (AvgIpc) is 2.68. The zero-order chi connectivity index (χ0) is 22.7. The molecule has 2 aliphatic heterocycles. The Balaban J connectivity index is 1.96. The lowest BCUT2D eigenvalue weighted by Gasteiger charge is -2.55. The Morgan fingerprint density at radius 3 is 2.58 bits per heavy atom. The van der Waals surface area contributed by atoms with E-state index in [-0.39, 0.29) is 11.2 Å². The van der Waals surface area contributed by atoms with E-state index in [0.29, 0.717) is 16.4 Å². The SMILES string of the molecule is COC(=O)[C@@H]1[C@H]2NC(=S)N(c3ccccc3C)[C@@]1(C)Oc1c(O)cc(C(C)(C)C)cc12. The highest BCUT2D eigenvalue weighted by Crippen LogP contribution is 2.53. The van der Waals surface area contributed by atoms with Crippen LogP contribution in [0.2, 0.25) is 0 Å². The maximum absolute atomic E-state index is 13.1. The number of aromatic hydroxyl groups is 1. The van der Waals surface area contributed by atoms with Crippen LogP contribution in [0.5, 0.6) is 11.5 Å². The van der Waals surface area contributed by atoms with Crippen LogP contribution in [0.15, 0.2) is 36.4 Å². The highest BCUT2D eigenvalue weighted by molar-refractivity contribution is 7.80. The molecule has 2 aromatic carbocycles. The number of para-hydroxylation sites is 1. The Hall–Kier alpha value is -2.80. The molecule has 0 saturated carbocycles. The second-order valence-electron chi connectivity index (χ2n) is 9.37. The van der Waals surface area contributed by atoms with Crippen molar-refractivity contribution in [2.24, 2.45) is 5.92 Å². The van der Waals surface area contributed by atoms with E-state index in [1.54, 1.807) is 6.07 Å². The van der Waals surface area contributed by atoms with E-state index in [2.05, 4.69) is 26.1 Å². The number of hydrogen-bond acceptors (Lipinski definition) is 5. The summed E-state index contributed by atoms with van der Waals surface area (Å²) in [5.41, 5.74) is 2.05. The van der Waals surface area contributed by atoms with E-state index in [9.17, 15) is 9.90 Å². The van der Waals surface area contributed by atoms with Gasteiger partial charge in [-0.1, -0.05) is 39.0 Å². The predicted molar refractivity (Wildman–Crippen MR) is 123 cm³/mol. The van der Waals surface area contributed by atoms with Gasteiger partial charge in [-0.3, -0.25) is 9.69 Å². The third kappa shape index (κ3) is 3.22. The molecule has 0 radical (unpaired) electrons. The van der Waals surface area contributed by atoms with Crippen molar-refractivity contribution in [2.75, 3.05) is 12.0 Å². The maximum atomic E-state index is 13.1. The molecule has 2 aliphatic rings. The summed E-state index contributed by atoms with van der Waals surface area (Å²) < 4.78 is 11.7. The molecule has 3 atom stereocenters. The summed E-state index contributed by atoms with van der Waals surface area (Å²) in [6, 6.07) is 11.0. The first-order valence-electron chi connectivity index (χ1n) is 10.3. The highest BCUT2D eigenvalue weighted by atomic mass is 32.1. The van der Waals surface area contributed by atoms with E-state index in [0.717, 1.165) is 16.8 Å². The topological polar surface area (TPSA) is 71.0 Å². The van der Waals surface area contributed by atoms with Crippen LogP contribution in [0.1, 0.15) is 50.4 Å². The predicted octanol–water partition coefficient (Wildman–Crippen LogP) is 4.33. The van der Waals surface area contributed by atoms with Crippen LogP contribution >= 0.6 is 12.2 Å². The number of hydrogen-bond donors (Lipinski definition) is 2. The normalized spacial score (nSPS) is 24.7. The van der Waals surface area contributed by atoms with Crippen LogP contribution < -0.4 is 15.0 Å². The molecule has 0 unspecified atom stereocenters. The molecule has 0 amide bonds. The second kappa shape index (κ2) is 7.12. The van der Waals surface area contributed by atoms with Gasteiger partial charge in [-0.15, -0.1) is 0 Å². The molecule has 164 valence electrons. The number of anilines is 1. The van der Waals surface area contributed by atoms with Gasteiger partial charge in [0.25, 0.3) is 0 Å². The molecular formula is C24H28N2O4S. The molecule has 0 spiro atoms. The number of phenolic OH excluding ortho intramolecular Hbond substituents is 1. The fourth-order valence-corrected chi connectivity index (χ4v) is 4.97. The van der Waals surface area contributed by atoms with Crippen LogP contribution in [0.3, 0.4) is 0 Å². The monoisotopic (exact) mass is 440 g/mol. The number of phenols is 1. The van der Waals surface area contributed by atoms with Crippen LogP contribution in [0.4, 0.5) is 5.69 Å². The van der Waals surface area contributed by atoms with Gasteiger partial charge in [-0.2, -0.15) is 0 Å². The largest absolute Gasteiger partial charge is 0.504 e. The van der Waals surface area contributed by atoms with Crippen molar-refractivity contribution in [3.63, 3.8) is 0 Å². The lowest BCUT2D eigenvalue weighted by atomic mass is 9.76.